The van der Waals surface area contributed by atoms with Gasteiger partial charge in [-0.2, -0.15) is 4.31 Å². The van der Waals surface area contributed by atoms with E-state index < -0.39 is 10.0 Å². The van der Waals surface area contributed by atoms with Gasteiger partial charge in [0.05, 0.1) is 12.2 Å². The minimum Gasteiger partial charge on any atom is -0.373 e. The van der Waals surface area contributed by atoms with Gasteiger partial charge in [-0.05, 0) is 25.5 Å². The van der Waals surface area contributed by atoms with Gasteiger partial charge in [-0.15, -0.1) is 0 Å². The van der Waals surface area contributed by atoms with Crippen LogP contribution in [-0.2, 0) is 14.8 Å². The summed E-state index contributed by atoms with van der Waals surface area (Å²) in [4.78, 5) is 0. The zero-order valence-corrected chi connectivity index (χ0v) is 12.0. The van der Waals surface area contributed by atoms with Crippen LogP contribution in [0.2, 0.25) is 0 Å². The molecule has 2 unspecified atom stereocenters. The van der Waals surface area contributed by atoms with Crippen molar-refractivity contribution < 1.29 is 13.2 Å². The van der Waals surface area contributed by atoms with E-state index in [2.05, 4.69) is 0 Å². The number of morpholine rings is 1. The Bertz CT molecular complexity index is 529. The Kier molecular flexibility index (Phi) is 4.39. The third-order valence-electron chi connectivity index (χ3n) is 2.98. The lowest BCUT2D eigenvalue weighted by molar-refractivity contribution is -0.0437. The highest BCUT2D eigenvalue weighted by molar-refractivity contribution is 7.92. The first-order valence-electron chi connectivity index (χ1n) is 6.36. The van der Waals surface area contributed by atoms with Crippen LogP contribution in [0.4, 0.5) is 0 Å². The molecule has 4 nitrogen and oxygen atoms in total. The second-order valence-corrected chi connectivity index (χ2v) is 6.65. The van der Waals surface area contributed by atoms with E-state index in [4.69, 9.17) is 4.74 Å². The molecule has 2 rings (SSSR count). The minimum atomic E-state index is -3.37. The van der Waals surface area contributed by atoms with Crippen LogP contribution < -0.4 is 0 Å². The summed E-state index contributed by atoms with van der Waals surface area (Å²) in [6, 6.07) is 9.40. The van der Waals surface area contributed by atoms with Crippen LogP contribution in [0.5, 0.6) is 0 Å². The fraction of sp³-hybridized carbons (Fsp3) is 0.429. The van der Waals surface area contributed by atoms with Crippen molar-refractivity contribution in [3.63, 3.8) is 0 Å². The van der Waals surface area contributed by atoms with Crippen molar-refractivity contribution in [3.8, 4) is 0 Å². The predicted octanol–water partition coefficient (Wildman–Crippen LogP) is 2.10. The Hall–Kier alpha value is -1.17. The van der Waals surface area contributed by atoms with Crippen molar-refractivity contribution in [2.75, 3.05) is 13.1 Å². The molecule has 0 N–H and O–H groups in total. The molecular formula is C14H19NO3S. The molecule has 0 bridgehead atoms. The van der Waals surface area contributed by atoms with Crippen LogP contribution in [0.1, 0.15) is 19.4 Å². The van der Waals surface area contributed by atoms with Gasteiger partial charge in [0.1, 0.15) is 0 Å². The molecule has 1 aromatic rings. The third-order valence-corrected chi connectivity index (χ3v) is 4.48. The third kappa shape index (κ3) is 3.89. The van der Waals surface area contributed by atoms with Crippen LogP contribution in [0, 0.1) is 0 Å². The molecule has 0 amide bonds. The molecule has 1 aromatic carbocycles. The molecule has 1 fully saturated rings. The Morgan fingerprint density at radius 3 is 2.32 bits per heavy atom. The maximum Gasteiger partial charge on any atom is 0.236 e. The monoisotopic (exact) mass is 281 g/mol. The van der Waals surface area contributed by atoms with Gasteiger partial charge in [0.15, 0.2) is 0 Å². The molecule has 0 saturated carbocycles. The number of sulfonamides is 1. The Balaban J connectivity index is 2.12. The fourth-order valence-corrected chi connectivity index (χ4v) is 3.49. The lowest BCUT2D eigenvalue weighted by Gasteiger charge is -2.33. The van der Waals surface area contributed by atoms with Crippen molar-refractivity contribution in [2.45, 2.75) is 26.1 Å². The molecule has 2 atom stereocenters. The van der Waals surface area contributed by atoms with Crippen LogP contribution in [-0.4, -0.2) is 38.0 Å². The van der Waals surface area contributed by atoms with E-state index in [-0.39, 0.29) is 12.2 Å². The minimum absolute atomic E-state index is 0.0661. The summed E-state index contributed by atoms with van der Waals surface area (Å²) in [5.74, 6) is 0. The van der Waals surface area contributed by atoms with Gasteiger partial charge in [-0.25, -0.2) is 8.42 Å². The quantitative estimate of drug-likeness (QED) is 0.852. The van der Waals surface area contributed by atoms with Crippen molar-refractivity contribution in [2.24, 2.45) is 0 Å². The second kappa shape index (κ2) is 5.86. The SMILES string of the molecule is CC1CN(S(=O)(=O)/C=C/c2ccccc2)CC(C)O1. The summed E-state index contributed by atoms with van der Waals surface area (Å²) in [6.45, 7) is 4.59. The number of nitrogens with zero attached hydrogens (tertiary/aromatic N) is 1. The van der Waals surface area contributed by atoms with Crippen LogP contribution >= 0.6 is 0 Å². The Labute approximate surface area is 114 Å². The first kappa shape index (κ1) is 14.2. The van der Waals surface area contributed by atoms with Crippen molar-refractivity contribution in [1.29, 1.82) is 0 Å². The first-order chi connectivity index (χ1) is 8.97. The lowest BCUT2D eigenvalue weighted by Crippen LogP contribution is -2.47. The first-order valence-corrected chi connectivity index (χ1v) is 7.86. The topological polar surface area (TPSA) is 46.6 Å². The van der Waals surface area contributed by atoms with Gasteiger partial charge >= 0.3 is 0 Å². The van der Waals surface area contributed by atoms with Gasteiger partial charge in [0.25, 0.3) is 0 Å². The van der Waals surface area contributed by atoms with Crippen LogP contribution in [0.3, 0.4) is 0 Å². The van der Waals surface area contributed by atoms with Gasteiger partial charge in [0.2, 0.25) is 10.0 Å². The molecule has 1 saturated heterocycles. The van der Waals surface area contributed by atoms with Gasteiger partial charge < -0.3 is 4.74 Å². The van der Waals surface area contributed by atoms with Crippen LogP contribution in [0.25, 0.3) is 6.08 Å². The highest BCUT2D eigenvalue weighted by Crippen LogP contribution is 2.16. The normalized spacial score (nSPS) is 25.8. The number of hydrogen-bond acceptors (Lipinski definition) is 3. The summed E-state index contributed by atoms with van der Waals surface area (Å²) in [7, 11) is -3.37. The summed E-state index contributed by atoms with van der Waals surface area (Å²) in [5, 5.41) is 1.27. The molecule has 0 aromatic heterocycles. The van der Waals surface area contributed by atoms with E-state index in [0.717, 1.165) is 5.56 Å². The highest BCUT2D eigenvalue weighted by atomic mass is 32.2. The summed E-state index contributed by atoms with van der Waals surface area (Å²) in [5.41, 5.74) is 0.875. The number of benzene rings is 1. The van der Waals surface area contributed by atoms with Gasteiger partial charge in [-0.3, -0.25) is 0 Å². The zero-order valence-electron chi connectivity index (χ0n) is 11.2. The zero-order chi connectivity index (χ0) is 13.9. The number of rotatable bonds is 3. The van der Waals surface area contributed by atoms with E-state index in [1.807, 2.05) is 44.2 Å². The predicted molar refractivity (Wildman–Crippen MR) is 76.0 cm³/mol. The molecule has 1 heterocycles. The second-order valence-electron chi connectivity index (χ2n) is 4.83. The van der Waals surface area contributed by atoms with Crippen molar-refractivity contribution in [1.82, 2.24) is 4.31 Å². The summed E-state index contributed by atoms with van der Waals surface area (Å²) >= 11 is 0. The van der Waals surface area contributed by atoms with E-state index in [1.54, 1.807) is 6.08 Å². The standard InChI is InChI=1S/C14H19NO3S/c1-12-10-15(11-13(2)18-12)19(16,17)9-8-14-6-4-3-5-7-14/h3-9,12-13H,10-11H2,1-2H3/b9-8+. The number of ether oxygens (including phenoxy) is 1. The molecule has 0 spiro atoms. The van der Waals surface area contributed by atoms with Crippen LogP contribution in [0.15, 0.2) is 35.7 Å². The summed E-state index contributed by atoms with van der Waals surface area (Å²) < 4.78 is 31.5. The largest absolute Gasteiger partial charge is 0.373 e. The maximum atomic E-state index is 12.2. The Morgan fingerprint density at radius 1 is 1.16 bits per heavy atom. The van der Waals surface area contributed by atoms with Gasteiger partial charge in [-0.1, -0.05) is 30.3 Å². The molecule has 0 aliphatic carbocycles. The van der Waals surface area contributed by atoms with Gasteiger partial charge in [0, 0.05) is 18.5 Å². The summed E-state index contributed by atoms with van der Waals surface area (Å²) in [6.07, 6.45) is 1.49. The lowest BCUT2D eigenvalue weighted by atomic mass is 10.2. The fourth-order valence-electron chi connectivity index (χ4n) is 2.15. The average Bonchev–Trinajstić information content (AvgIpc) is 2.37. The average molecular weight is 281 g/mol. The molecule has 1 aliphatic rings. The molecule has 19 heavy (non-hydrogen) atoms. The van der Waals surface area contributed by atoms with E-state index in [9.17, 15) is 8.42 Å². The number of hydrogen-bond donors (Lipinski definition) is 0. The van der Waals surface area contributed by atoms with Crippen molar-refractivity contribution in [3.05, 3.63) is 41.3 Å². The van der Waals surface area contributed by atoms with E-state index in [0.29, 0.717) is 13.1 Å². The van der Waals surface area contributed by atoms with E-state index in [1.165, 1.54) is 9.71 Å². The molecule has 1 aliphatic heterocycles. The Morgan fingerprint density at radius 2 is 1.74 bits per heavy atom. The molecule has 5 heteroatoms. The van der Waals surface area contributed by atoms with Crippen molar-refractivity contribution >= 4 is 16.1 Å². The van der Waals surface area contributed by atoms with E-state index >= 15 is 0 Å². The molecular weight excluding hydrogens is 262 g/mol. The molecule has 104 valence electrons. The highest BCUT2D eigenvalue weighted by Gasteiger charge is 2.29. The maximum absolute atomic E-state index is 12.2. The smallest absolute Gasteiger partial charge is 0.236 e. The molecule has 0 radical (unpaired) electrons.